The number of hydrogen-bond acceptors (Lipinski definition) is 4. The van der Waals surface area contributed by atoms with Crippen LogP contribution in [0.2, 0.25) is 5.02 Å². The lowest BCUT2D eigenvalue weighted by molar-refractivity contribution is -0.137. The van der Waals surface area contributed by atoms with Crippen molar-refractivity contribution in [3.63, 3.8) is 0 Å². The predicted molar refractivity (Wildman–Crippen MR) is 89.0 cm³/mol. The minimum absolute atomic E-state index is 0.0629. The van der Waals surface area contributed by atoms with Crippen LogP contribution in [0.4, 0.5) is 18.3 Å². The van der Waals surface area contributed by atoms with Gasteiger partial charge in [0.2, 0.25) is 0 Å². The molecule has 1 aromatic carbocycles. The van der Waals surface area contributed by atoms with Crippen molar-refractivity contribution < 1.29 is 22.4 Å². The Morgan fingerprint density at radius 2 is 2.08 bits per heavy atom. The highest BCUT2D eigenvalue weighted by Crippen LogP contribution is 2.37. The topological polar surface area (TPSA) is 55.1 Å². The lowest BCUT2D eigenvalue weighted by Crippen LogP contribution is -2.11. The monoisotopic (exact) mass is 386 g/mol. The minimum atomic E-state index is -4.51. The van der Waals surface area contributed by atoms with E-state index in [1.165, 1.54) is 23.6 Å². The Morgan fingerprint density at radius 1 is 1.32 bits per heavy atom. The van der Waals surface area contributed by atoms with Crippen LogP contribution in [0.25, 0.3) is 11.3 Å². The van der Waals surface area contributed by atoms with Crippen molar-refractivity contribution >= 4 is 34.0 Å². The highest BCUT2D eigenvalue weighted by atomic mass is 35.5. The summed E-state index contributed by atoms with van der Waals surface area (Å²) in [4.78, 5) is 16.2. The fourth-order valence-electron chi connectivity index (χ4n) is 2.18. The van der Waals surface area contributed by atoms with Crippen LogP contribution >= 0.6 is 22.9 Å². The van der Waals surface area contributed by atoms with Gasteiger partial charge in [0.25, 0.3) is 5.91 Å². The first-order valence-corrected chi connectivity index (χ1v) is 8.20. The van der Waals surface area contributed by atoms with Crippen LogP contribution in [0.15, 0.2) is 40.3 Å². The van der Waals surface area contributed by atoms with E-state index in [0.717, 1.165) is 18.2 Å². The normalized spacial score (nSPS) is 11.6. The van der Waals surface area contributed by atoms with E-state index in [1.54, 1.807) is 12.3 Å². The number of halogens is 4. The van der Waals surface area contributed by atoms with Gasteiger partial charge in [0.15, 0.2) is 5.13 Å². The maximum Gasteiger partial charge on any atom is 0.416 e. The van der Waals surface area contributed by atoms with Gasteiger partial charge in [0.05, 0.1) is 16.1 Å². The number of aryl methyl sites for hydroxylation is 1. The fourth-order valence-corrected chi connectivity index (χ4v) is 2.91. The molecule has 0 fully saturated rings. The molecule has 0 radical (unpaired) electrons. The summed E-state index contributed by atoms with van der Waals surface area (Å²) in [5.41, 5.74) is -0.596. The number of amides is 1. The number of carbonyl (C=O) groups is 1. The number of aromatic nitrogens is 1. The molecule has 3 aromatic rings. The molecule has 0 unspecified atom stereocenters. The number of carbonyl (C=O) groups excluding carboxylic acids is 1. The number of benzene rings is 1. The SMILES string of the molecule is Cc1oc(-c2cc(C(F)(F)F)ccc2Cl)cc1C(=O)Nc1nccs1. The van der Waals surface area contributed by atoms with Gasteiger partial charge in [-0.25, -0.2) is 4.98 Å². The van der Waals surface area contributed by atoms with E-state index in [-0.39, 0.29) is 27.7 Å². The third-order valence-corrected chi connectivity index (χ3v) is 4.39. The van der Waals surface area contributed by atoms with E-state index in [4.69, 9.17) is 16.0 Å². The zero-order valence-electron chi connectivity index (χ0n) is 12.6. The average Bonchev–Trinajstić information content (AvgIpc) is 3.16. The molecule has 25 heavy (non-hydrogen) atoms. The molecular formula is C16H10ClF3N2O2S. The summed E-state index contributed by atoms with van der Waals surface area (Å²) in [6.07, 6.45) is -2.97. The van der Waals surface area contributed by atoms with Crippen molar-refractivity contribution in [2.75, 3.05) is 5.32 Å². The van der Waals surface area contributed by atoms with Crippen LogP contribution in [0.3, 0.4) is 0 Å². The van der Waals surface area contributed by atoms with Crippen LogP contribution in [0.1, 0.15) is 21.7 Å². The van der Waals surface area contributed by atoms with Crippen molar-refractivity contribution in [2.45, 2.75) is 13.1 Å². The Bertz CT molecular complexity index is 920. The third-order valence-electron chi connectivity index (χ3n) is 3.37. The van der Waals surface area contributed by atoms with E-state index in [1.807, 2.05) is 0 Å². The molecule has 0 saturated carbocycles. The van der Waals surface area contributed by atoms with Crippen molar-refractivity contribution in [3.05, 3.63) is 57.8 Å². The molecular weight excluding hydrogens is 377 g/mol. The quantitative estimate of drug-likeness (QED) is 0.634. The van der Waals surface area contributed by atoms with Crippen molar-refractivity contribution in [3.8, 4) is 11.3 Å². The zero-order chi connectivity index (χ0) is 18.2. The highest BCUT2D eigenvalue weighted by Gasteiger charge is 2.31. The van der Waals surface area contributed by atoms with Crippen LogP contribution < -0.4 is 5.32 Å². The van der Waals surface area contributed by atoms with Gasteiger partial charge in [-0.3, -0.25) is 10.1 Å². The summed E-state index contributed by atoms with van der Waals surface area (Å²) in [6.45, 7) is 1.54. The average molecular weight is 387 g/mol. The van der Waals surface area contributed by atoms with E-state index >= 15 is 0 Å². The number of hydrogen-bond donors (Lipinski definition) is 1. The van der Waals surface area contributed by atoms with Crippen LogP contribution in [0.5, 0.6) is 0 Å². The molecule has 3 rings (SSSR count). The number of nitrogens with zero attached hydrogens (tertiary/aromatic N) is 1. The van der Waals surface area contributed by atoms with Gasteiger partial charge in [-0.15, -0.1) is 11.3 Å². The molecule has 0 atom stereocenters. The van der Waals surface area contributed by atoms with Gasteiger partial charge in [-0.05, 0) is 31.2 Å². The van der Waals surface area contributed by atoms with Gasteiger partial charge in [0.1, 0.15) is 11.5 Å². The number of nitrogens with one attached hydrogen (secondary N) is 1. The molecule has 4 nitrogen and oxygen atoms in total. The van der Waals surface area contributed by atoms with Gasteiger partial charge in [-0.2, -0.15) is 13.2 Å². The largest absolute Gasteiger partial charge is 0.460 e. The number of alkyl halides is 3. The van der Waals surface area contributed by atoms with Crippen LogP contribution in [-0.4, -0.2) is 10.9 Å². The van der Waals surface area contributed by atoms with Gasteiger partial charge >= 0.3 is 6.18 Å². The van der Waals surface area contributed by atoms with Crippen LogP contribution in [-0.2, 0) is 6.18 Å². The van der Waals surface area contributed by atoms with Gasteiger partial charge < -0.3 is 4.42 Å². The predicted octanol–water partition coefficient (Wildman–Crippen LogP) is 5.64. The molecule has 1 amide bonds. The molecule has 0 saturated heterocycles. The smallest absolute Gasteiger partial charge is 0.416 e. The molecule has 1 N–H and O–H groups in total. The van der Waals surface area contributed by atoms with E-state index in [2.05, 4.69) is 10.3 Å². The van der Waals surface area contributed by atoms with Crippen molar-refractivity contribution in [1.29, 1.82) is 0 Å². The summed E-state index contributed by atoms with van der Waals surface area (Å²) in [5.74, 6) is -0.124. The molecule has 0 bridgehead atoms. The first-order chi connectivity index (χ1) is 11.8. The number of anilines is 1. The van der Waals surface area contributed by atoms with E-state index in [9.17, 15) is 18.0 Å². The summed E-state index contributed by atoms with van der Waals surface area (Å²) in [7, 11) is 0. The van der Waals surface area contributed by atoms with Gasteiger partial charge in [-0.1, -0.05) is 11.6 Å². The molecule has 2 heterocycles. The van der Waals surface area contributed by atoms with Gasteiger partial charge in [0, 0.05) is 17.1 Å². The second-order valence-electron chi connectivity index (χ2n) is 5.06. The first-order valence-electron chi connectivity index (χ1n) is 6.94. The van der Waals surface area contributed by atoms with E-state index < -0.39 is 17.6 Å². The standard InChI is InChI=1S/C16H10ClF3N2O2S/c1-8-10(14(23)22-15-21-4-5-25-15)7-13(24-8)11-6-9(16(18,19)20)2-3-12(11)17/h2-7H,1H3,(H,21,22,23). The third kappa shape index (κ3) is 3.69. The van der Waals surface area contributed by atoms with Crippen molar-refractivity contribution in [2.24, 2.45) is 0 Å². The molecule has 0 aliphatic rings. The van der Waals surface area contributed by atoms with E-state index in [0.29, 0.717) is 5.13 Å². The van der Waals surface area contributed by atoms with Crippen molar-refractivity contribution in [1.82, 2.24) is 4.98 Å². The first kappa shape index (κ1) is 17.5. The molecule has 0 aliphatic carbocycles. The summed E-state index contributed by atoms with van der Waals surface area (Å²) >= 11 is 7.24. The second-order valence-corrected chi connectivity index (χ2v) is 6.37. The second kappa shape index (κ2) is 6.53. The Hall–Kier alpha value is -2.32. The summed E-state index contributed by atoms with van der Waals surface area (Å²) in [6, 6.07) is 4.29. The molecule has 2 aromatic heterocycles. The summed E-state index contributed by atoms with van der Waals surface area (Å²) in [5, 5.41) is 4.79. The Kier molecular flexibility index (Phi) is 4.57. The Labute approximate surface area is 149 Å². The maximum absolute atomic E-state index is 12.9. The Balaban J connectivity index is 1.96. The molecule has 0 spiro atoms. The highest BCUT2D eigenvalue weighted by molar-refractivity contribution is 7.13. The number of rotatable bonds is 3. The maximum atomic E-state index is 12.9. The van der Waals surface area contributed by atoms with Crippen LogP contribution in [0, 0.1) is 6.92 Å². The number of thiazole rings is 1. The number of furan rings is 1. The molecule has 130 valence electrons. The zero-order valence-corrected chi connectivity index (χ0v) is 14.2. The lowest BCUT2D eigenvalue weighted by Gasteiger charge is -2.09. The minimum Gasteiger partial charge on any atom is -0.460 e. The lowest BCUT2D eigenvalue weighted by atomic mass is 10.1. The summed E-state index contributed by atoms with van der Waals surface area (Å²) < 4.78 is 44.1. The Morgan fingerprint density at radius 3 is 2.72 bits per heavy atom. The molecule has 9 heteroatoms. The molecule has 0 aliphatic heterocycles. The fraction of sp³-hybridized carbons (Fsp3) is 0.125.